The summed E-state index contributed by atoms with van der Waals surface area (Å²) in [5.74, 6) is 1.12. The van der Waals surface area contributed by atoms with Crippen LogP contribution in [0.25, 0.3) is 0 Å². The van der Waals surface area contributed by atoms with E-state index in [0.29, 0.717) is 11.8 Å². The van der Waals surface area contributed by atoms with Gasteiger partial charge in [-0.3, -0.25) is 0 Å². The molecule has 0 radical (unpaired) electrons. The lowest BCUT2D eigenvalue weighted by molar-refractivity contribution is 0.629. The van der Waals surface area contributed by atoms with Crippen LogP contribution in [0.5, 0.6) is 0 Å². The summed E-state index contributed by atoms with van der Waals surface area (Å²) in [7, 11) is 0. The van der Waals surface area contributed by atoms with E-state index < -0.39 is 0 Å². The zero-order chi connectivity index (χ0) is 13.3. The zero-order valence-corrected chi connectivity index (χ0v) is 11.8. The highest BCUT2D eigenvalue weighted by molar-refractivity contribution is 6.17. The Morgan fingerprint density at radius 3 is 1.84 bits per heavy atom. The third-order valence-electron chi connectivity index (χ3n) is 3.24. The normalized spacial score (nSPS) is 10.8. The lowest BCUT2D eigenvalue weighted by atomic mass is 9.91. The van der Waals surface area contributed by atoms with E-state index in [1.54, 1.807) is 0 Å². The van der Waals surface area contributed by atoms with Gasteiger partial charge in [0.2, 0.25) is 0 Å². The maximum Gasteiger partial charge on any atom is 0.0235 e. The fourth-order valence-corrected chi connectivity index (χ4v) is 2.37. The van der Waals surface area contributed by atoms with Crippen LogP contribution in [0.2, 0.25) is 0 Å². The van der Waals surface area contributed by atoms with Crippen molar-refractivity contribution in [1.82, 2.24) is 5.32 Å². The molecule has 0 bridgehead atoms. The van der Waals surface area contributed by atoms with Crippen LogP contribution in [0, 0.1) is 0 Å². The fourth-order valence-electron chi connectivity index (χ4n) is 2.24. The summed E-state index contributed by atoms with van der Waals surface area (Å²) in [6, 6.07) is 21.3. The molecule has 0 fully saturated rings. The molecule has 0 spiro atoms. The van der Waals surface area contributed by atoms with Crippen LogP contribution in [0.15, 0.2) is 60.7 Å². The number of alkyl halides is 1. The molecule has 1 N–H and O–H groups in total. The highest BCUT2D eigenvalue weighted by Gasteiger charge is 2.12. The molecule has 0 aliphatic carbocycles. The molecule has 2 aromatic rings. The van der Waals surface area contributed by atoms with Crippen molar-refractivity contribution in [2.24, 2.45) is 0 Å². The Morgan fingerprint density at radius 1 is 0.842 bits per heavy atom. The SMILES string of the molecule is ClCCCNCC(c1ccccc1)c1ccccc1. The van der Waals surface area contributed by atoms with Crippen molar-refractivity contribution in [2.75, 3.05) is 19.0 Å². The molecule has 0 unspecified atom stereocenters. The molecular weight excluding hydrogens is 254 g/mol. The number of hydrogen-bond acceptors (Lipinski definition) is 1. The summed E-state index contributed by atoms with van der Waals surface area (Å²) in [5, 5.41) is 3.50. The van der Waals surface area contributed by atoms with Gasteiger partial charge in [0.1, 0.15) is 0 Å². The van der Waals surface area contributed by atoms with E-state index in [2.05, 4.69) is 66.0 Å². The zero-order valence-electron chi connectivity index (χ0n) is 11.1. The average molecular weight is 274 g/mol. The average Bonchev–Trinajstić information content (AvgIpc) is 2.49. The van der Waals surface area contributed by atoms with Crippen molar-refractivity contribution in [3.05, 3.63) is 71.8 Å². The Balaban J connectivity index is 2.10. The summed E-state index contributed by atoms with van der Waals surface area (Å²) in [6.07, 6.45) is 1.01. The monoisotopic (exact) mass is 273 g/mol. The second-order valence-corrected chi connectivity index (χ2v) is 5.00. The minimum Gasteiger partial charge on any atom is -0.316 e. The van der Waals surface area contributed by atoms with Gasteiger partial charge < -0.3 is 5.32 Å². The van der Waals surface area contributed by atoms with Crippen LogP contribution >= 0.6 is 11.6 Å². The highest BCUT2D eigenvalue weighted by atomic mass is 35.5. The van der Waals surface area contributed by atoms with Crippen molar-refractivity contribution in [3.8, 4) is 0 Å². The van der Waals surface area contributed by atoms with Crippen LogP contribution in [0.1, 0.15) is 23.5 Å². The molecule has 0 amide bonds. The molecular formula is C17H20ClN. The molecule has 0 aromatic heterocycles. The summed E-state index contributed by atoms with van der Waals surface area (Å²) >= 11 is 5.71. The Labute approximate surface area is 120 Å². The van der Waals surface area contributed by atoms with Gasteiger partial charge in [-0.05, 0) is 24.1 Å². The van der Waals surface area contributed by atoms with E-state index in [1.165, 1.54) is 11.1 Å². The molecule has 0 aliphatic rings. The first-order valence-electron chi connectivity index (χ1n) is 6.78. The number of benzene rings is 2. The minimum atomic E-state index is 0.401. The standard InChI is InChI=1S/C17H20ClN/c18-12-7-13-19-14-17(15-8-3-1-4-9-15)16-10-5-2-6-11-16/h1-6,8-11,17,19H,7,12-14H2. The molecule has 2 aromatic carbocycles. The smallest absolute Gasteiger partial charge is 0.0235 e. The molecule has 2 heteroatoms. The van der Waals surface area contributed by atoms with E-state index in [9.17, 15) is 0 Å². The minimum absolute atomic E-state index is 0.401. The van der Waals surface area contributed by atoms with Crippen LogP contribution < -0.4 is 5.32 Å². The number of nitrogens with one attached hydrogen (secondary N) is 1. The Morgan fingerprint density at radius 2 is 1.37 bits per heavy atom. The Hall–Kier alpha value is -1.31. The van der Waals surface area contributed by atoms with Crippen molar-refractivity contribution < 1.29 is 0 Å². The van der Waals surface area contributed by atoms with Crippen LogP contribution in [0.3, 0.4) is 0 Å². The first kappa shape index (κ1) is 14.1. The largest absolute Gasteiger partial charge is 0.316 e. The summed E-state index contributed by atoms with van der Waals surface area (Å²) in [4.78, 5) is 0. The molecule has 0 saturated heterocycles. The third kappa shape index (κ3) is 4.38. The van der Waals surface area contributed by atoms with E-state index in [1.807, 2.05) is 0 Å². The van der Waals surface area contributed by atoms with Gasteiger partial charge >= 0.3 is 0 Å². The van der Waals surface area contributed by atoms with Crippen molar-refractivity contribution in [3.63, 3.8) is 0 Å². The molecule has 0 saturated carbocycles. The van der Waals surface area contributed by atoms with Crippen molar-refractivity contribution >= 4 is 11.6 Å². The maximum absolute atomic E-state index is 5.71. The van der Waals surface area contributed by atoms with Gasteiger partial charge in [-0.1, -0.05) is 60.7 Å². The summed E-state index contributed by atoms with van der Waals surface area (Å²) in [6.45, 7) is 1.92. The Kier molecular flexibility index (Phi) is 5.93. The first-order chi connectivity index (χ1) is 9.42. The predicted molar refractivity (Wildman–Crippen MR) is 82.9 cm³/mol. The molecule has 19 heavy (non-hydrogen) atoms. The summed E-state index contributed by atoms with van der Waals surface area (Å²) in [5.41, 5.74) is 2.71. The molecule has 0 heterocycles. The van der Waals surface area contributed by atoms with Gasteiger partial charge in [-0.2, -0.15) is 0 Å². The molecule has 1 nitrogen and oxygen atoms in total. The maximum atomic E-state index is 5.71. The number of rotatable bonds is 7. The first-order valence-corrected chi connectivity index (χ1v) is 7.32. The van der Waals surface area contributed by atoms with Gasteiger partial charge in [-0.25, -0.2) is 0 Å². The van der Waals surface area contributed by atoms with Crippen LogP contribution in [-0.2, 0) is 0 Å². The van der Waals surface area contributed by atoms with Crippen LogP contribution in [0.4, 0.5) is 0 Å². The van der Waals surface area contributed by atoms with E-state index in [4.69, 9.17) is 11.6 Å². The lowest BCUT2D eigenvalue weighted by Gasteiger charge is -2.18. The Bertz CT molecular complexity index is 416. The second-order valence-electron chi connectivity index (χ2n) is 4.62. The molecule has 0 atom stereocenters. The van der Waals surface area contributed by atoms with Gasteiger partial charge in [-0.15, -0.1) is 11.6 Å². The quantitative estimate of drug-likeness (QED) is 0.593. The van der Waals surface area contributed by atoms with E-state index >= 15 is 0 Å². The predicted octanol–water partition coefficient (Wildman–Crippen LogP) is 4.04. The van der Waals surface area contributed by atoms with Gasteiger partial charge in [0.05, 0.1) is 0 Å². The second kappa shape index (κ2) is 7.98. The molecule has 100 valence electrons. The number of halogens is 1. The van der Waals surface area contributed by atoms with Crippen molar-refractivity contribution in [2.45, 2.75) is 12.3 Å². The highest BCUT2D eigenvalue weighted by Crippen LogP contribution is 2.23. The third-order valence-corrected chi connectivity index (χ3v) is 3.51. The lowest BCUT2D eigenvalue weighted by Crippen LogP contribution is -2.23. The van der Waals surface area contributed by atoms with E-state index in [0.717, 1.165) is 19.5 Å². The molecule has 0 aliphatic heterocycles. The van der Waals surface area contributed by atoms with Crippen molar-refractivity contribution in [1.29, 1.82) is 0 Å². The topological polar surface area (TPSA) is 12.0 Å². The summed E-state index contributed by atoms with van der Waals surface area (Å²) < 4.78 is 0. The van der Waals surface area contributed by atoms with Gasteiger partial charge in [0.15, 0.2) is 0 Å². The van der Waals surface area contributed by atoms with Gasteiger partial charge in [0, 0.05) is 18.3 Å². The van der Waals surface area contributed by atoms with Crippen LogP contribution in [-0.4, -0.2) is 19.0 Å². The van der Waals surface area contributed by atoms with E-state index in [-0.39, 0.29) is 0 Å². The van der Waals surface area contributed by atoms with Gasteiger partial charge in [0.25, 0.3) is 0 Å². The fraction of sp³-hybridized carbons (Fsp3) is 0.294. The molecule has 2 rings (SSSR count). The number of hydrogen-bond donors (Lipinski definition) is 1.